The molecule has 1 N–H and O–H groups in total. The van der Waals surface area contributed by atoms with E-state index in [0.29, 0.717) is 6.04 Å². The van der Waals surface area contributed by atoms with Gasteiger partial charge in [-0.1, -0.05) is 24.6 Å². The molecule has 2 aromatic carbocycles. The zero-order chi connectivity index (χ0) is 18.5. The van der Waals surface area contributed by atoms with Crippen LogP contribution < -0.4 is 5.32 Å². The number of unbranched alkanes of at least 4 members (excludes halogenated alkanes) is 1. The summed E-state index contributed by atoms with van der Waals surface area (Å²) in [4.78, 5) is 4.17. The Morgan fingerprint density at radius 2 is 1.81 bits per heavy atom. The fourth-order valence-corrected chi connectivity index (χ4v) is 3.59. The molecule has 0 fully saturated rings. The third kappa shape index (κ3) is 4.55. The van der Waals surface area contributed by atoms with E-state index in [2.05, 4.69) is 59.7 Å². The normalized spacial score (nSPS) is 12.6. The topological polar surface area (TPSA) is 38.1 Å². The summed E-state index contributed by atoms with van der Waals surface area (Å²) in [5.41, 5.74) is 3.70. The molecule has 0 spiro atoms. The lowest BCUT2D eigenvalue weighted by atomic mass is 10.0. The van der Waals surface area contributed by atoms with Crippen molar-refractivity contribution in [3.05, 3.63) is 78.3 Å². The lowest BCUT2D eigenvalue weighted by molar-refractivity contribution is 0.489. The number of fused-ring (bicyclic) bond motifs is 2. The van der Waals surface area contributed by atoms with Crippen molar-refractivity contribution in [3.63, 3.8) is 0 Å². The van der Waals surface area contributed by atoms with Crippen molar-refractivity contribution in [1.82, 2.24) is 10.3 Å². The van der Waals surface area contributed by atoms with Gasteiger partial charge in [0.15, 0.2) is 0 Å². The first-order valence-electron chi connectivity index (χ1n) is 9.80. The predicted octanol–water partition coefficient (Wildman–Crippen LogP) is 5.87. The van der Waals surface area contributed by atoms with E-state index in [1.165, 1.54) is 46.5 Å². The summed E-state index contributed by atoms with van der Waals surface area (Å²) >= 11 is 0. The van der Waals surface area contributed by atoms with Crippen LogP contribution >= 0.6 is 0 Å². The van der Waals surface area contributed by atoms with Gasteiger partial charge in [-0.25, -0.2) is 0 Å². The first-order valence-corrected chi connectivity index (χ1v) is 9.80. The quantitative estimate of drug-likeness (QED) is 0.400. The third-order valence-corrected chi connectivity index (χ3v) is 5.23. The highest BCUT2D eigenvalue weighted by Crippen LogP contribution is 2.19. The minimum atomic E-state index is 0.523. The second-order valence-corrected chi connectivity index (χ2v) is 7.38. The third-order valence-electron chi connectivity index (χ3n) is 5.23. The van der Waals surface area contributed by atoms with Gasteiger partial charge in [0.2, 0.25) is 0 Å². The van der Waals surface area contributed by atoms with Gasteiger partial charge in [-0.05, 0) is 73.0 Å². The second-order valence-electron chi connectivity index (χ2n) is 7.38. The van der Waals surface area contributed by atoms with Crippen LogP contribution in [0.5, 0.6) is 0 Å². The lowest BCUT2D eigenvalue weighted by Crippen LogP contribution is -2.25. The van der Waals surface area contributed by atoms with Crippen LogP contribution in [0.1, 0.15) is 37.3 Å². The molecule has 27 heavy (non-hydrogen) atoms. The Bertz CT molecular complexity index is 1020. The van der Waals surface area contributed by atoms with Crippen LogP contribution in [0.15, 0.2) is 71.6 Å². The first-order chi connectivity index (χ1) is 13.3. The molecule has 0 unspecified atom stereocenters. The Labute approximate surface area is 160 Å². The Morgan fingerprint density at radius 1 is 0.926 bits per heavy atom. The van der Waals surface area contributed by atoms with Crippen LogP contribution in [0.4, 0.5) is 0 Å². The van der Waals surface area contributed by atoms with E-state index in [9.17, 15) is 0 Å². The predicted molar refractivity (Wildman–Crippen MR) is 112 cm³/mol. The number of aromatic nitrogens is 1. The molecule has 3 nitrogen and oxygen atoms in total. The van der Waals surface area contributed by atoms with Crippen LogP contribution in [0.25, 0.3) is 21.7 Å². The van der Waals surface area contributed by atoms with Crippen molar-refractivity contribution < 1.29 is 4.42 Å². The highest BCUT2D eigenvalue weighted by molar-refractivity contribution is 5.82. The van der Waals surface area contributed by atoms with E-state index in [0.717, 1.165) is 18.5 Å². The van der Waals surface area contributed by atoms with Crippen molar-refractivity contribution in [2.45, 2.75) is 45.2 Å². The van der Waals surface area contributed by atoms with Crippen molar-refractivity contribution in [3.8, 4) is 0 Å². The molecule has 4 aromatic rings. The van der Waals surface area contributed by atoms with Gasteiger partial charge in [0.1, 0.15) is 5.58 Å². The number of hydrogen-bond donors (Lipinski definition) is 1. The molecule has 2 heterocycles. The van der Waals surface area contributed by atoms with Crippen LogP contribution in [0.3, 0.4) is 0 Å². The highest BCUT2D eigenvalue weighted by atomic mass is 16.3. The average Bonchev–Trinajstić information content (AvgIpc) is 3.17. The van der Waals surface area contributed by atoms with Crippen molar-refractivity contribution in [2.24, 2.45) is 0 Å². The first kappa shape index (κ1) is 17.7. The van der Waals surface area contributed by atoms with Crippen LogP contribution in [-0.4, -0.2) is 11.0 Å². The number of rotatable bonds is 8. The van der Waals surface area contributed by atoms with E-state index in [1.807, 2.05) is 18.5 Å². The Balaban J connectivity index is 1.20. The molecule has 0 aliphatic rings. The molecule has 2 aromatic heterocycles. The van der Waals surface area contributed by atoms with Crippen LogP contribution in [-0.2, 0) is 13.0 Å². The molecule has 0 saturated carbocycles. The zero-order valence-electron chi connectivity index (χ0n) is 15.8. The maximum Gasteiger partial charge on any atom is 0.133 e. The molecule has 4 rings (SSSR count). The van der Waals surface area contributed by atoms with Crippen LogP contribution in [0, 0.1) is 0 Å². The van der Waals surface area contributed by atoms with Crippen molar-refractivity contribution in [1.29, 1.82) is 0 Å². The van der Waals surface area contributed by atoms with Crippen LogP contribution in [0.2, 0.25) is 0 Å². The number of aryl methyl sites for hydroxylation is 1. The smallest absolute Gasteiger partial charge is 0.133 e. The molecular formula is C24H26N2O. The zero-order valence-corrected chi connectivity index (χ0v) is 15.8. The molecular weight excluding hydrogens is 332 g/mol. The Kier molecular flexibility index (Phi) is 5.50. The fourth-order valence-electron chi connectivity index (χ4n) is 3.59. The second kappa shape index (κ2) is 8.36. The standard InChI is InChI=1S/C24H26N2O/c1-18(26-16-20-6-8-23-17-25-12-10-21(23)15-20)4-2-3-5-19-7-9-24-22(14-19)11-13-27-24/h6-15,17-18,26H,2-5,16H2,1H3/t18-/m1/s1. The Hall–Kier alpha value is -2.65. The largest absolute Gasteiger partial charge is 0.464 e. The van der Waals surface area contributed by atoms with Gasteiger partial charge >= 0.3 is 0 Å². The van der Waals surface area contributed by atoms with E-state index in [4.69, 9.17) is 4.42 Å². The fraction of sp³-hybridized carbons (Fsp3) is 0.292. The summed E-state index contributed by atoms with van der Waals surface area (Å²) in [6.45, 7) is 3.19. The number of pyridine rings is 1. The molecule has 138 valence electrons. The van der Waals surface area contributed by atoms with Gasteiger partial charge in [-0.2, -0.15) is 0 Å². The SMILES string of the molecule is C[C@H](CCCCc1ccc2occc2c1)NCc1ccc2cnccc2c1. The van der Waals surface area contributed by atoms with Gasteiger partial charge in [-0.3, -0.25) is 4.98 Å². The number of nitrogens with one attached hydrogen (secondary N) is 1. The number of nitrogens with zero attached hydrogens (tertiary/aromatic N) is 1. The number of benzene rings is 2. The summed E-state index contributed by atoms with van der Waals surface area (Å²) < 4.78 is 5.41. The molecule has 0 radical (unpaired) electrons. The monoisotopic (exact) mass is 358 g/mol. The Morgan fingerprint density at radius 3 is 2.78 bits per heavy atom. The molecule has 0 aliphatic carbocycles. The molecule has 1 atom stereocenters. The molecule has 3 heteroatoms. The molecule has 0 saturated heterocycles. The number of furan rings is 1. The van der Waals surface area contributed by atoms with Gasteiger partial charge in [-0.15, -0.1) is 0 Å². The molecule has 0 amide bonds. The van der Waals surface area contributed by atoms with E-state index >= 15 is 0 Å². The van der Waals surface area contributed by atoms with Gasteiger partial charge in [0.25, 0.3) is 0 Å². The number of hydrogen-bond acceptors (Lipinski definition) is 3. The molecule has 0 aliphatic heterocycles. The lowest BCUT2D eigenvalue weighted by Gasteiger charge is -2.14. The summed E-state index contributed by atoms with van der Waals surface area (Å²) in [6, 6.07) is 17.7. The summed E-state index contributed by atoms with van der Waals surface area (Å²) in [5, 5.41) is 7.31. The van der Waals surface area contributed by atoms with E-state index < -0.39 is 0 Å². The van der Waals surface area contributed by atoms with Crippen molar-refractivity contribution >= 4 is 21.7 Å². The van der Waals surface area contributed by atoms with Gasteiger partial charge in [0.05, 0.1) is 6.26 Å². The average molecular weight is 358 g/mol. The summed E-state index contributed by atoms with van der Waals surface area (Å²) in [7, 11) is 0. The highest BCUT2D eigenvalue weighted by Gasteiger charge is 2.04. The maximum atomic E-state index is 5.41. The molecule has 0 bridgehead atoms. The minimum absolute atomic E-state index is 0.523. The van der Waals surface area contributed by atoms with Crippen molar-refractivity contribution in [2.75, 3.05) is 0 Å². The summed E-state index contributed by atoms with van der Waals surface area (Å²) in [5.74, 6) is 0. The van der Waals surface area contributed by atoms with Gasteiger partial charge < -0.3 is 9.73 Å². The van der Waals surface area contributed by atoms with Gasteiger partial charge in [0, 0.05) is 35.8 Å². The maximum absolute atomic E-state index is 5.41. The van der Waals surface area contributed by atoms with E-state index in [-0.39, 0.29) is 0 Å². The van der Waals surface area contributed by atoms with E-state index in [1.54, 1.807) is 6.26 Å². The minimum Gasteiger partial charge on any atom is -0.464 e. The summed E-state index contributed by atoms with van der Waals surface area (Å²) in [6.07, 6.45) is 10.3.